The molecule has 3 N–H and O–H groups in total. The van der Waals surface area contributed by atoms with Crippen LogP contribution in [-0.4, -0.2) is 24.9 Å². The van der Waals surface area contributed by atoms with Crippen LogP contribution >= 0.6 is 0 Å². The molecule has 0 saturated carbocycles. The number of rotatable bonds is 2. The highest BCUT2D eigenvalue weighted by Crippen LogP contribution is 2.07. The van der Waals surface area contributed by atoms with Crippen LogP contribution in [0, 0.1) is 0 Å². The molecule has 15 heavy (non-hydrogen) atoms. The molecule has 0 bridgehead atoms. The number of aryl methyl sites for hydroxylation is 1. The monoisotopic (exact) mass is 210 g/mol. The Morgan fingerprint density at radius 3 is 2.80 bits per heavy atom. The molecule has 0 spiro atoms. The number of aromatic amines is 2. The molecule has 0 saturated heterocycles. The molecule has 80 valence electrons. The molecule has 0 aliphatic carbocycles. The van der Waals surface area contributed by atoms with E-state index in [1.807, 2.05) is 11.9 Å². The van der Waals surface area contributed by atoms with E-state index in [0.717, 1.165) is 6.42 Å². The minimum Gasteiger partial charge on any atom is -0.426 e. The first-order chi connectivity index (χ1) is 7.13. The molecule has 0 aliphatic rings. The first kappa shape index (κ1) is 9.50. The van der Waals surface area contributed by atoms with Gasteiger partial charge in [-0.1, -0.05) is 6.92 Å². The van der Waals surface area contributed by atoms with Gasteiger partial charge in [0.15, 0.2) is 11.2 Å². The van der Waals surface area contributed by atoms with E-state index in [0.29, 0.717) is 17.0 Å². The second kappa shape index (κ2) is 3.26. The van der Waals surface area contributed by atoms with Crippen LogP contribution < -0.4 is 11.2 Å². The fourth-order valence-electron chi connectivity index (χ4n) is 1.44. The molecular formula is C8H10N4O3. The third-order valence-electron chi connectivity index (χ3n) is 2.07. The van der Waals surface area contributed by atoms with Gasteiger partial charge in [-0.2, -0.15) is 4.73 Å². The summed E-state index contributed by atoms with van der Waals surface area (Å²) in [5.74, 6) is 0.361. The SMILES string of the molecule is CCCc1nc2[nH]c(=O)[nH]c(=O)c2n1O. The quantitative estimate of drug-likeness (QED) is 0.587. The van der Waals surface area contributed by atoms with Crippen LogP contribution in [0.5, 0.6) is 0 Å². The minimum absolute atomic E-state index is 0.0296. The van der Waals surface area contributed by atoms with Crippen molar-refractivity contribution in [1.82, 2.24) is 19.7 Å². The van der Waals surface area contributed by atoms with Crippen molar-refractivity contribution in [2.45, 2.75) is 19.8 Å². The molecule has 0 radical (unpaired) electrons. The van der Waals surface area contributed by atoms with Gasteiger partial charge >= 0.3 is 5.69 Å². The highest BCUT2D eigenvalue weighted by atomic mass is 16.5. The van der Waals surface area contributed by atoms with Gasteiger partial charge in [0.2, 0.25) is 0 Å². The first-order valence-corrected chi connectivity index (χ1v) is 4.56. The topological polar surface area (TPSA) is 104 Å². The van der Waals surface area contributed by atoms with Gasteiger partial charge in [0, 0.05) is 6.42 Å². The molecular weight excluding hydrogens is 200 g/mol. The maximum absolute atomic E-state index is 11.3. The average Bonchev–Trinajstić information content (AvgIpc) is 2.43. The number of aromatic nitrogens is 4. The summed E-state index contributed by atoms with van der Waals surface area (Å²) < 4.78 is 0.716. The molecule has 2 aromatic rings. The van der Waals surface area contributed by atoms with Crippen LogP contribution in [0.1, 0.15) is 19.2 Å². The van der Waals surface area contributed by atoms with E-state index >= 15 is 0 Å². The minimum atomic E-state index is -0.647. The highest BCUT2D eigenvalue weighted by Gasteiger charge is 2.13. The average molecular weight is 210 g/mol. The first-order valence-electron chi connectivity index (χ1n) is 4.56. The van der Waals surface area contributed by atoms with E-state index in [1.54, 1.807) is 0 Å². The molecule has 0 aliphatic heterocycles. The number of H-pyrrole nitrogens is 2. The molecule has 0 atom stereocenters. The highest BCUT2D eigenvalue weighted by molar-refractivity contribution is 5.69. The van der Waals surface area contributed by atoms with Gasteiger partial charge in [-0.25, -0.2) is 9.78 Å². The maximum atomic E-state index is 11.3. The van der Waals surface area contributed by atoms with Crippen molar-refractivity contribution in [2.75, 3.05) is 0 Å². The van der Waals surface area contributed by atoms with E-state index in [-0.39, 0.29) is 11.2 Å². The van der Waals surface area contributed by atoms with Gasteiger partial charge in [0.1, 0.15) is 5.82 Å². The molecule has 2 rings (SSSR count). The zero-order valence-corrected chi connectivity index (χ0v) is 8.07. The van der Waals surface area contributed by atoms with E-state index in [9.17, 15) is 14.8 Å². The zero-order chi connectivity index (χ0) is 11.0. The van der Waals surface area contributed by atoms with Crippen molar-refractivity contribution >= 4 is 11.2 Å². The summed E-state index contributed by atoms with van der Waals surface area (Å²) in [6, 6.07) is 0. The second-order valence-corrected chi connectivity index (χ2v) is 3.20. The number of imidazole rings is 1. The van der Waals surface area contributed by atoms with Gasteiger partial charge < -0.3 is 5.21 Å². The van der Waals surface area contributed by atoms with Crippen LogP contribution in [0.4, 0.5) is 0 Å². The van der Waals surface area contributed by atoms with Crippen molar-refractivity contribution in [3.63, 3.8) is 0 Å². The Hall–Kier alpha value is -2.05. The molecule has 0 amide bonds. The van der Waals surface area contributed by atoms with E-state index < -0.39 is 11.2 Å². The molecule has 7 heteroatoms. The number of nitrogens with zero attached hydrogens (tertiary/aromatic N) is 2. The van der Waals surface area contributed by atoms with Gasteiger partial charge in [0.25, 0.3) is 5.56 Å². The van der Waals surface area contributed by atoms with Crippen molar-refractivity contribution < 1.29 is 5.21 Å². The van der Waals surface area contributed by atoms with Gasteiger partial charge in [0.05, 0.1) is 0 Å². The van der Waals surface area contributed by atoms with Crippen LogP contribution in [0.2, 0.25) is 0 Å². The zero-order valence-electron chi connectivity index (χ0n) is 8.07. The van der Waals surface area contributed by atoms with Crippen LogP contribution in [0.3, 0.4) is 0 Å². The largest absolute Gasteiger partial charge is 0.426 e. The maximum Gasteiger partial charge on any atom is 0.327 e. The summed E-state index contributed by atoms with van der Waals surface area (Å²) >= 11 is 0. The molecule has 7 nitrogen and oxygen atoms in total. The predicted molar refractivity (Wildman–Crippen MR) is 52.2 cm³/mol. The smallest absolute Gasteiger partial charge is 0.327 e. The molecule has 2 aromatic heterocycles. The van der Waals surface area contributed by atoms with Crippen LogP contribution in [-0.2, 0) is 6.42 Å². The third-order valence-corrected chi connectivity index (χ3v) is 2.07. The Kier molecular flexibility index (Phi) is 2.07. The van der Waals surface area contributed by atoms with E-state index in [1.165, 1.54) is 0 Å². The standard InChI is InChI=1S/C8H10N4O3/c1-2-3-4-9-6-5(12(4)15)7(13)11-8(14)10-6/h15H,2-3H2,1H3,(H2,10,11,13,14). The van der Waals surface area contributed by atoms with Crippen molar-refractivity contribution in [1.29, 1.82) is 0 Å². The Balaban J connectivity index is 2.82. The van der Waals surface area contributed by atoms with Gasteiger partial charge in [-0.3, -0.25) is 14.8 Å². The summed E-state index contributed by atoms with van der Waals surface area (Å²) in [5.41, 5.74) is -1.20. The number of nitrogens with one attached hydrogen (secondary N) is 2. The van der Waals surface area contributed by atoms with Crippen LogP contribution in [0.15, 0.2) is 9.59 Å². The lowest BCUT2D eigenvalue weighted by Crippen LogP contribution is -2.23. The van der Waals surface area contributed by atoms with Gasteiger partial charge in [-0.05, 0) is 6.42 Å². The molecule has 0 aromatic carbocycles. The molecule has 0 fully saturated rings. The van der Waals surface area contributed by atoms with Gasteiger partial charge in [-0.15, -0.1) is 0 Å². The summed E-state index contributed by atoms with van der Waals surface area (Å²) in [6.07, 6.45) is 1.32. The Morgan fingerprint density at radius 1 is 1.40 bits per heavy atom. The lowest BCUT2D eigenvalue weighted by molar-refractivity contribution is 0.187. The number of fused-ring (bicyclic) bond motifs is 1. The molecule has 0 unspecified atom stereocenters. The normalized spacial score (nSPS) is 11.0. The van der Waals surface area contributed by atoms with E-state index in [2.05, 4.69) is 9.97 Å². The summed E-state index contributed by atoms with van der Waals surface area (Å²) in [6.45, 7) is 1.92. The summed E-state index contributed by atoms with van der Waals surface area (Å²) in [5, 5.41) is 9.60. The lowest BCUT2D eigenvalue weighted by Gasteiger charge is -1.96. The Bertz CT molecular complexity index is 606. The fraction of sp³-hybridized carbons (Fsp3) is 0.375. The van der Waals surface area contributed by atoms with Crippen molar-refractivity contribution in [2.24, 2.45) is 0 Å². The fourth-order valence-corrected chi connectivity index (χ4v) is 1.44. The van der Waals surface area contributed by atoms with Crippen LogP contribution in [0.25, 0.3) is 11.2 Å². The Labute approximate surface area is 83.4 Å². The number of hydrogen-bond acceptors (Lipinski definition) is 4. The second-order valence-electron chi connectivity index (χ2n) is 3.20. The summed E-state index contributed by atoms with van der Waals surface area (Å²) in [7, 11) is 0. The Morgan fingerprint density at radius 2 is 2.13 bits per heavy atom. The predicted octanol–water partition coefficient (Wildman–Crippen LogP) is -0.397. The van der Waals surface area contributed by atoms with E-state index in [4.69, 9.17) is 0 Å². The molecule has 2 heterocycles. The van der Waals surface area contributed by atoms with Crippen molar-refractivity contribution in [3.8, 4) is 0 Å². The summed E-state index contributed by atoms with van der Waals surface area (Å²) in [4.78, 5) is 30.6. The van der Waals surface area contributed by atoms with Crippen molar-refractivity contribution in [3.05, 3.63) is 26.7 Å². The number of hydrogen-bond donors (Lipinski definition) is 3. The third kappa shape index (κ3) is 1.41. The lowest BCUT2D eigenvalue weighted by atomic mass is 10.3.